The average Bonchev–Trinajstić information content (AvgIpc) is 3.51. The molecule has 33 heavy (non-hydrogen) atoms. The standard InChI is InChI=1S/C24H19N7OS/c32-21(18-10-4-1-5-11-18)17-33-24-27-25-22(31(24)20-14-8-3-9-15-20)16-30-28-23(26-29-30)19-12-6-2-7-13-19/h1-15H,16-17H2. The predicted molar refractivity (Wildman–Crippen MR) is 125 cm³/mol. The zero-order valence-corrected chi connectivity index (χ0v) is 18.3. The van der Waals surface area contributed by atoms with Gasteiger partial charge in [0, 0.05) is 16.8 Å². The van der Waals surface area contributed by atoms with Gasteiger partial charge in [-0.3, -0.25) is 9.36 Å². The Morgan fingerprint density at radius 1 is 0.788 bits per heavy atom. The van der Waals surface area contributed by atoms with Crippen molar-refractivity contribution in [1.29, 1.82) is 0 Å². The van der Waals surface area contributed by atoms with Crippen molar-refractivity contribution in [2.45, 2.75) is 11.7 Å². The van der Waals surface area contributed by atoms with Crippen molar-refractivity contribution in [3.05, 3.63) is 102 Å². The summed E-state index contributed by atoms with van der Waals surface area (Å²) in [6.07, 6.45) is 0. The fourth-order valence-corrected chi connectivity index (χ4v) is 4.17. The van der Waals surface area contributed by atoms with E-state index in [2.05, 4.69) is 25.6 Å². The number of para-hydroxylation sites is 1. The van der Waals surface area contributed by atoms with E-state index in [0.29, 0.717) is 22.4 Å². The Hall–Kier alpha value is -4.11. The third kappa shape index (κ3) is 4.73. The quantitative estimate of drug-likeness (QED) is 0.260. The summed E-state index contributed by atoms with van der Waals surface area (Å²) >= 11 is 1.35. The molecule has 0 N–H and O–H groups in total. The molecule has 0 bridgehead atoms. The van der Waals surface area contributed by atoms with Gasteiger partial charge in [-0.2, -0.15) is 4.80 Å². The second kappa shape index (κ2) is 9.58. The largest absolute Gasteiger partial charge is 0.293 e. The molecule has 2 heterocycles. The van der Waals surface area contributed by atoms with Gasteiger partial charge in [0.15, 0.2) is 16.8 Å². The van der Waals surface area contributed by atoms with Crippen LogP contribution in [0.5, 0.6) is 0 Å². The van der Waals surface area contributed by atoms with Gasteiger partial charge in [-0.15, -0.1) is 20.4 Å². The minimum absolute atomic E-state index is 0.0372. The van der Waals surface area contributed by atoms with Crippen LogP contribution in [0.4, 0.5) is 0 Å². The number of ketones is 1. The second-order valence-electron chi connectivity index (χ2n) is 7.16. The Kier molecular flexibility index (Phi) is 6.03. The molecule has 0 fully saturated rings. The van der Waals surface area contributed by atoms with Gasteiger partial charge in [-0.25, -0.2) is 0 Å². The van der Waals surface area contributed by atoms with Gasteiger partial charge < -0.3 is 0 Å². The number of nitrogens with zero attached hydrogens (tertiary/aromatic N) is 7. The molecule has 0 atom stereocenters. The van der Waals surface area contributed by atoms with Gasteiger partial charge in [0.05, 0.1) is 5.75 Å². The molecule has 0 radical (unpaired) electrons. The Labute approximate surface area is 194 Å². The lowest BCUT2D eigenvalue weighted by Gasteiger charge is -2.09. The van der Waals surface area contributed by atoms with E-state index < -0.39 is 0 Å². The third-order valence-corrected chi connectivity index (χ3v) is 5.84. The number of rotatable bonds is 8. The van der Waals surface area contributed by atoms with E-state index in [1.54, 1.807) is 0 Å². The Bertz CT molecular complexity index is 1350. The van der Waals surface area contributed by atoms with E-state index >= 15 is 0 Å². The van der Waals surface area contributed by atoms with Crippen LogP contribution in [0.3, 0.4) is 0 Å². The first-order chi connectivity index (χ1) is 16.3. The number of hydrogen-bond donors (Lipinski definition) is 0. The molecule has 9 heteroatoms. The molecule has 0 spiro atoms. The van der Waals surface area contributed by atoms with Gasteiger partial charge in [0.25, 0.3) is 0 Å². The lowest BCUT2D eigenvalue weighted by molar-refractivity contribution is 0.102. The molecule has 3 aromatic carbocycles. The zero-order valence-electron chi connectivity index (χ0n) is 17.5. The maximum Gasteiger partial charge on any atom is 0.204 e. The van der Waals surface area contributed by atoms with Gasteiger partial charge in [-0.05, 0) is 17.3 Å². The highest BCUT2D eigenvalue weighted by molar-refractivity contribution is 7.99. The first kappa shape index (κ1) is 20.8. The van der Waals surface area contributed by atoms with Crippen molar-refractivity contribution in [1.82, 2.24) is 35.0 Å². The fraction of sp³-hybridized carbons (Fsp3) is 0.0833. The SMILES string of the molecule is O=C(CSc1nnc(Cn2nnc(-c3ccccc3)n2)n1-c1ccccc1)c1ccccc1. The molecule has 0 saturated carbocycles. The molecular formula is C24H19N7OS. The van der Waals surface area contributed by atoms with Crippen LogP contribution in [-0.2, 0) is 6.54 Å². The molecule has 162 valence electrons. The van der Waals surface area contributed by atoms with Crippen LogP contribution in [0.25, 0.3) is 17.1 Å². The van der Waals surface area contributed by atoms with E-state index in [0.717, 1.165) is 11.3 Å². The summed E-state index contributed by atoms with van der Waals surface area (Å²) < 4.78 is 1.93. The van der Waals surface area contributed by atoms with E-state index in [-0.39, 0.29) is 18.1 Å². The zero-order chi connectivity index (χ0) is 22.5. The van der Waals surface area contributed by atoms with Crippen molar-refractivity contribution < 1.29 is 4.79 Å². The normalized spacial score (nSPS) is 10.9. The van der Waals surface area contributed by atoms with Crippen LogP contribution in [-0.4, -0.2) is 46.5 Å². The molecule has 0 unspecified atom stereocenters. The van der Waals surface area contributed by atoms with Crippen molar-refractivity contribution in [2.24, 2.45) is 0 Å². The molecular weight excluding hydrogens is 434 g/mol. The fourth-order valence-electron chi connectivity index (χ4n) is 3.31. The van der Waals surface area contributed by atoms with Crippen LogP contribution in [0.2, 0.25) is 0 Å². The summed E-state index contributed by atoms with van der Waals surface area (Å²) in [5.41, 5.74) is 2.47. The number of carbonyl (C=O) groups excluding carboxylic acids is 1. The maximum absolute atomic E-state index is 12.6. The van der Waals surface area contributed by atoms with Crippen molar-refractivity contribution >= 4 is 17.5 Å². The van der Waals surface area contributed by atoms with E-state index in [4.69, 9.17) is 0 Å². The summed E-state index contributed by atoms with van der Waals surface area (Å²) in [5.74, 6) is 1.49. The third-order valence-electron chi connectivity index (χ3n) is 4.91. The van der Waals surface area contributed by atoms with Crippen LogP contribution in [0.1, 0.15) is 16.2 Å². The van der Waals surface area contributed by atoms with Crippen LogP contribution >= 0.6 is 11.8 Å². The number of Topliss-reactive ketones (excluding diaryl/α,β-unsaturated/α-hetero) is 1. The van der Waals surface area contributed by atoms with Crippen LogP contribution in [0, 0.1) is 0 Å². The first-order valence-corrected chi connectivity index (χ1v) is 11.3. The minimum Gasteiger partial charge on any atom is -0.293 e. The van der Waals surface area contributed by atoms with Gasteiger partial charge in [0.2, 0.25) is 5.82 Å². The molecule has 0 aliphatic heterocycles. The number of hydrogen-bond acceptors (Lipinski definition) is 7. The summed E-state index contributed by atoms with van der Waals surface area (Å²) in [6, 6.07) is 28.7. The summed E-state index contributed by atoms with van der Waals surface area (Å²) in [6.45, 7) is 0.287. The summed E-state index contributed by atoms with van der Waals surface area (Å²) in [5, 5.41) is 22.2. The molecule has 0 saturated heterocycles. The highest BCUT2D eigenvalue weighted by Gasteiger charge is 2.18. The number of benzene rings is 3. The van der Waals surface area contributed by atoms with Gasteiger partial charge >= 0.3 is 0 Å². The van der Waals surface area contributed by atoms with E-state index in [9.17, 15) is 4.79 Å². The molecule has 2 aromatic heterocycles. The maximum atomic E-state index is 12.6. The smallest absolute Gasteiger partial charge is 0.204 e. The lowest BCUT2D eigenvalue weighted by atomic mass is 10.2. The molecule has 0 aliphatic carbocycles. The topological polar surface area (TPSA) is 91.4 Å². The predicted octanol–water partition coefficient (Wildman–Crippen LogP) is 3.94. The Morgan fingerprint density at radius 3 is 2.18 bits per heavy atom. The van der Waals surface area contributed by atoms with Crippen molar-refractivity contribution in [2.75, 3.05) is 5.75 Å². The van der Waals surface area contributed by atoms with Crippen LogP contribution < -0.4 is 0 Å². The van der Waals surface area contributed by atoms with E-state index in [1.165, 1.54) is 16.6 Å². The first-order valence-electron chi connectivity index (χ1n) is 10.3. The highest BCUT2D eigenvalue weighted by atomic mass is 32.2. The van der Waals surface area contributed by atoms with E-state index in [1.807, 2.05) is 95.6 Å². The minimum atomic E-state index is 0.0372. The van der Waals surface area contributed by atoms with Crippen molar-refractivity contribution in [3.8, 4) is 17.1 Å². The van der Waals surface area contributed by atoms with Gasteiger partial charge in [-0.1, -0.05) is 90.6 Å². The molecule has 5 rings (SSSR count). The lowest BCUT2D eigenvalue weighted by Crippen LogP contribution is -2.11. The number of aromatic nitrogens is 7. The number of carbonyl (C=O) groups is 1. The molecule has 8 nitrogen and oxygen atoms in total. The van der Waals surface area contributed by atoms with Gasteiger partial charge in [0.1, 0.15) is 6.54 Å². The average molecular weight is 454 g/mol. The summed E-state index contributed by atoms with van der Waals surface area (Å²) in [7, 11) is 0. The Morgan fingerprint density at radius 2 is 1.45 bits per heavy atom. The van der Waals surface area contributed by atoms with Crippen molar-refractivity contribution in [3.63, 3.8) is 0 Å². The second-order valence-corrected chi connectivity index (χ2v) is 8.10. The Balaban J connectivity index is 1.40. The summed E-state index contributed by atoms with van der Waals surface area (Å²) in [4.78, 5) is 14.1. The monoisotopic (exact) mass is 453 g/mol. The molecule has 0 amide bonds. The molecule has 0 aliphatic rings. The molecule has 5 aromatic rings. The number of thioether (sulfide) groups is 1. The highest BCUT2D eigenvalue weighted by Crippen LogP contribution is 2.23. The van der Waals surface area contributed by atoms with Crippen LogP contribution in [0.15, 0.2) is 96.2 Å². The number of tetrazole rings is 1.